The third kappa shape index (κ3) is 18.2. The number of para-hydroxylation sites is 1. The molecule has 588 valence electrons. The Balaban J connectivity index is 0.000000157. The van der Waals surface area contributed by atoms with Gasteiger partial charge in [0, 0.05) is 71.6 Å². The monoisotopic (exact) mass is 1630 g/mol. The largest absolute Gasteiger partial charge is 0.496 e. The summed E-state index contributed by atoms with van der Waals surface area (Å²) in [5, 5.41) is 14.3. The van der Waals surface area contributed by atoms with E-state index in [-0.39, 0.29) is 68.1 Å². The van der Waals surface area contributed by atoms with E-state index in [0.29, 0.717) is 90.4 Å². The number of carbonyl (C=O) groups is 6. The molecule has 4 heterocycles. The molecule has 19 nitrogen and oxygen atoms in total. The second kappa shape index (κ2) is 36.2. The zero-order chi connectivity index (χ0) is 80.5. The van der Waals surface area contributed by atoms with E-state index in [1.807, 2.05) is 48.1 Å². The van der Waals surface area contributed by atoms with Crippen molar-refractivity contribution >= 4 is 92.9 Å². The Labute approximate surface area is 664 Å². The first-order valence-corrected chi connectivity index (χ1v) is 37.3. The summed E-state index contributed by atoms with van der Waals surface area (Å²) in [6, 6.07) is 32.1. The quantitative estimate of drug-likeness (QED) is 0.0345. The maximum Gasteiger partial charge on any atom is 0.328 e. The molecule has 0 bridgehead atoms. The molecule has 1 aliphatic carbocycles. The van der Waals surface area contributed by atoms with Crippen molar-refractivity contribution in [3.63, 3.8) is 0 Å². The molecular formula is C84H73Cl4F6N5O14. The third-order valence-corrected chi connectivity index (χ3v) is 20.7. The zero-order valence-electron chi connectivity index (χ0n) is 61.4. The normalized spacial score (nSPS) is 14.0. The summed E-state index contributed by atoms with van der Waals surface area (Å²) in [7, 11) is 6.94. The molecule has 3 aliphatic heterocycles. The number of halogens is 10. The first-order valence-electron chi connectivity index (χ1n) is 35.8. The highest BCUT2D eigenvalue weighted by Gasteiger charge is 2.35. The molecule has 0 radical (unpaired) electrons. The fourth-order valence-electron chi connectivity index (χ4n) is 13.8. The standard InChI is InChI=1S/C29H25F4NO5.C28H25Cl2N3O4.C27H23Cl2F2NO5/c1-37-29(36)24(34-28(35)26-20(30)5-2-6-21(26)31)12-15-7-10-18(27-17(15)4-3-11-38-27)19-13-22(32)23(33)14-25(19)39-16-8-9-16;1-33-23-11-4-3-7-18(23)25(32-33)19-13-12-16(17-8-6-14-37-26(17)19)15-22(28(35)36-2)31-27(34)24-20(29)9-5-10-21(24)30;1-35-23-13-21(31)20(30)12-17(23)16-9-8-14(15-5-4-10-37-25(15)16)11-22(27(34)36-2)32-26(33)24-18(28)6-3-7-19(24)29/h2,5-7,10,13-14,16,24H,3-4,8-9,11-12H2,1H3,(H,34,35);3-5,7,9-13,22H,6,8,14-15H2,1-2H3,(H,31,34);3,6-9,12-13,22H,4-5,10-11H2,1-2H3,(H,32,33)/t24-;2*22-/m000/s1. The average molecular weight is 1630 g/mol. The van der Waals surface area contributed by atoms with Gasteiger partial charge in [0.15, 0.2) is 23.3 Å². The maximum absolute atomic E-state index is 14.3. The van der Waals surface area contributed by atoms with E-state index in [4.69, 9.17) is 89.4 Å². The Morgan fingerprint density at radius 3 is 1.24 bits per heavy atom. The number of rotatable bonds is 21. The van der Waals surface area contributed by atoms with Gasteiger partial charge < -0.3 is 53.8 Å². The van der Waals surface area contributed by atoms with Crippen LogP contribution in [0.15, 0.2) is 140 Å². The lowest BCUT2D eigenvalue weighted by Gasteiger charge is -2.26. The van der Waals surface area contributed by atoms with Gasteiger partial charge in [-0.3, -0.25) is 19.1 Å². The number of methoxy groups -OCH3 is 4. The van der Waals surface area contributed by atoms with E-state index >= 15 is 0 Å². The van der Waals surface area contributed by atoms with Gasteiger partial charge in [-0.15, -0.1) is 0 Å². The molecule has 0 saturated heterocycles. The number of aryl methyl sites for hydroxylation is 1. The zero-order valence-corrected chi connectivity index (χ0v) is 64.4. The fourth-order valence-corrected chi connectivity index (χ4v) is 14.9. The molecule has 9 aromatic carbocycles. The number of nitrogens with zero attached hydrogens (tertiary/aromatic N) is 2. The van der Waals surface area contributed by atoms with Gasteiger partial charge >= 0.3 is 17.9 Å². The van der Waals surface area contributed by atoms with Crippen LogP contribution < -0.4 is 39.6 Å². The van der Waals surface area contributed by atoms with Gasteiger partial charge in [-0.05, 0) is 145 Å². The molecule has 1 fully saturated rings. The molecule has 1 aromatic heterocycles. The number of carbonyl (C=O) groups excluding carboxylic acids is 6. The minimum atomic E-state index is -1.27. The number of hydrogen-bond acceptors (Lipinski definition) is 15. The van der Waals surface area contributed by atoms with Crippen LogP contribution in [-0.4, -0.2) is 118 Å². The minimum absolute atomic E-state index is 0.0471. The molecule has 3 N–H and O–H groups in total. The molecule has 4 aliphatic rings. The smallest absolute Gasteiger partial charge is 0.328 e. The number of esters is 3. The summed E-state index contributed by atoms with van der Waals surface area (Å²) in [6.45, 7) is 1.41. The molecule has 1 saturated carbocycles. The lowest BCUT2D eigenvalue weighted by atomic mass is 9.90. The highest BCUT2D eigenvalue weighted by Crippen LogP contribution is 2.47. The maximum atomic E-state index is 14.3. The van der Waals surface area contributed by atoms with Crippen molar-refractivity contribution in [2.45, 2.75) is 94.9 Å². The second-order valence-electron chi connectivity index (χ2n) is 26.7. The van der Waals surface area contributed by atoms with Crippen molar-refractivity contribution in [2.75, 3.05) is 48.3 Å². The van der Waals surface area contributed by atoms with Crippen LogP contribution in [0, 0.1) is 34.9 Å². The summed E-state index contributed by atoms with van der Waals surface area (Å²) < 4.78 is 131. The van der Waals surface area contributed by atoms with Gasteiger partial charge in [0.25, 0.3) is 17.7 Å². The van der Waals surface area contributed by atoms with Crippen molar-refractivity contribution in [1.29, 1.82) is 0 Å². The summed E-state index contributed by atoms with van der Waals surface area (Å²) in [5.74, 6) is -8.52. The number of ether oxygens (including phenoxy) is 8. The van der Waals surface area contributed by atoms with Crippen molar-refractivity contribution in [1.82, 2.24) is 25.7 Å². The minimum Gasteiger partial charge on any atom is -0.496 e. The van der Waals surface area contributed by atoms with Crippen LogP contribution in [0.2, 0.25) is 20.1 Å². The SMILES string of the molecule is COC(=O)[C@H](Cc1ccc(-c2cc(F)c(F)cc2OC)c2c1CCCO2)NC(=O)c1c(Cl)cccc1Cl.COC(=O)[C@H](Cc1ccc(-c2cc(F)c(F)cc2OC2CC2)c2c1CCCO2)NC(=O)c1c(F)cccc1F.COC(=O)[C@H](Cc1ccc(-c2nn(C)c3ccccc23)c2c1CCCO2)NC(=O)c1c(Cl)cccc1Cl. The number of hydrogen-bond donors (Lipinski definition) is 3. The summed E-state index contributed by atoms with van der Waals surface area (Å²) in [6.07, 6.45) is 5.97. The van der Waals surface area contributed by atoms with Crippen LogP contribution in [0.4, 0.5) is 26.3 Å². The Kier molecular flexibility index (Phi) is 26.1. The van der Waals surface area contributed by atoms with Crippen LogP contribution in [0.1, 0.15) is 96.6 Å². The van der Waals surface area contributed by atoms with E-state index < -0.39 is 94.2 Å². The van der Waals surface area contributed by atoms with E-state index in [9.17, 15) is 55.1 Å². The molecule has 29 heteroatoms. The van der Waals surface area contributed by atoms with Gasteiger partial charge in [-0.2, -0.15) is 5.10 Å². The molecule has 10 aromatic rings. The Bertz CT molecular complexity index is 5300. The van der Waals surface area contributed by atoms with Crippen molar-refractivity contribution < 1.29 is 93.0 Å². The summed E-state index contributed by atoms with van der Waals surface area (Å²) in [5.41, 5.74) is 8.52. The van der Waals surface area contributed by atoms with E-state index in [2.05, 4.69) is 16.0 Å². The van der Waals surface area contributed by atoms with Crippen LogP contribution in [0.5, 0.6) is 28.7 Å². The lowest BCUT2D eigenvalue weighted by molar-refractivity contribution is -0.143. The van der Waals surface area contributed by atoms with Crippen molar-refractivity contribution in [3.05, 3.63) is 245 Å². The number of nitrogens with one attached hydrogen (secondary N) is 3. The highest BCUT2D eigenvalue weighted by molar-refractivity contribution is 6.40. The average Bonchev–Trinajstić information content (AvgIpc) is 0.805. The number of benzene rings is 9. The summed E-state index contributed by atoms with van der Waals surface area (Å²) >= 11 is 24.7. The molecule has 3 amide bonds. The first kappa shape index (κ1) is 81.5. The number of aromatic nitrogens is 2. The Morgan fingerprint density at radius 2 is 0.823 bits per heavy atom. The van der Waals surface area contributed by atoms with Crippen LogP contribution >= 0.6 is 46.4 Å². The summed E-state index contributed by atoms with van der Waals surface area (Å²) in [4.78, 5) is 76.7. The van der Waals surface area contributed by atoms with Crippen molar-refractivity contribution in [2.24, 2.45) is 7.05 Å². The van der Waals surface area contributed by atoms with E-state index in [0.717, 1.165) is 125 Å². The van der Waals surface area contributed by atoms with Gasteiger partial charge in [0.2, 0.25) is 0 Å². The second-order valence-corrected chi connectivity index (χ2v) is 28.3. The van der Waals surface area contributed by atoms with Gasteiger partial charge in [-0.25, -0.2) is 40.7 Å². The molecular weight excluding hydrogens is 1560 g/mol. The van der Waals surface area contributed by atoms with E-state index in [1.165, 1.54) is 33.5 Å². The Hall–Kier alpha value is -11.0. The Morgan fingerprint density at radius 1 is 0.451 bits per heavy atom. The molecule has 14 rings (SSSR count). The number of fused-ring (bicyclic) bond motifs is 4. The predicted molar refractivity (Wildman–Crippen MR) is 412 cm³/mol. The van der Waals surface area contributed by atoms with Crippen LogP contribution in [-0.2, 0) is 74.2 Å². The first-order chi connectivity index (χ1) is 54.4. The molecule has 0 spiro atoms. The van der Waals surface area contributed by atoms with E-state index in [1.54, 1.807) is 48.5 Å². The molecule has 113 heavy (non-hydrogen) atoms. The topological polar surface area (TPSA) is 230 Å². The van der Waals surface area contributed by atoms with Gasteiger partial charge in [0.05, 0.1) is 91.1 Å². The molecule has 3 atom stereocenters. The van der Waals surface area contributed by atoms with Gasteiger partial charge in [-0.1, -0.05) is 113 Å². The van der Waals surface area contributed by atoms with Gasteiger partial charge in [0.1, 0.15) is 69.8 Å². The van der Waals surface area contributed by atoms with Crippen LogP contribution in [0.3, 0.4) is 0 Å². The van der Waals surface area contributed by atoms with Crippen LogP contribution in [0.25, 0.3) is 44.4 Å². The van der Waals surface area contributed by atoms with Crippen molar-refractivity contribution in [3.8, 4) is 62.3 Å². The number of amides is 3. The highest BCUT2D eigenvalue weighted by atomic mass is 35.5. The fraction of sp³-hybridized carbons (Fsp3) is 0.274. The lowest BCUT2D eigenvalue weighted by Crippen LogP contribution is -2.43. The predicted octanol–water partition coefficient (Wildman–Crippen LogP) is 16.5. The molecule has 0 unspecified atom stereocenters. The third-order valence-electron chi connectivity index (χ3n) is 19.4.